The first kappa shape index (κ1) is 13.6. The zero-order valence-corrected chi connectivity index (χ0v) is 13.4. The van der Waals surface area contributed by atoms with Crippen LogP contribution in [0.2, 0.25) is 0 Å². The third kappa shape index (κ3) is 2.88. The molecule has 1 N–H and O–H groups in total. The van der Waals surface area contributed by atoms with Crippen molar-refractivity contribution in [3.8, 4) is 0 Å². The second-order valence-corrected chi connectivity index (χ2v) is 7.07. The number of benzene rings is 1. The third-order valence-corrected chi connectivity index (χ3v) is 5.48. The first-order valence-electron chi connectivity index (χ1n) is 7.37. The van der Waals surface area contributed by atoms with Gasteiger partial charge in [0, 0.05) is 28.6 Å². The Labute approximate surface area is 124 Å². The summed E-state index contributed by atoms with van der Waals surface area (Å²) in [5.41, 5.74) is 1.38. The van der Waals surface area contributed by atoms with Gasteiger partial charge in [0.15, 0.2) is 0 Å². The maximum Gasteiger partial charge on any atom is 0.0294 e. The number of hydrogen-bond acceptors (Lipinski definition) is 2. The lowest BCUT2D eigenvalue weighted by Gasteiger charge is -2.38. The molecular weight excluding hydrogens is 300 g/mol. The van der Waals surface area contributed by atoms with Crippen molar-refractivity contribution in [3.63, 3.8) is 0 Å². The molecule has 19 heavy (non-hydrogen) atoms. The van der Waals surface area contributed by atoms with E-state index >= 15 is 0 Å². The Morgan fingerprint density at radius 3 is 2.32 bits per heavy atom. The molecular formula is C16H23BrN2. The van der Waals surface area contributed by atoms with Crippen LogP contribution in [0.3, 0.4) is 0 Å². The van der Waals surface area contributed by atoms with Gasteiger partial charge in [-0.1, -0.05) is 28.1 Å². The van der Waals surface area contributed by atoms with Gasteiger partial charge in [-0.15, -0.1) is 0 Å². The Balaban J connectivity index is 1.61. The fraction of sp³-hybridized carbons (Fsp3) is 0.625. The summed E-state index contributed by atoms with van der Waals surface area (Å²) in [5, 5.41) is 3.83. The van der Waals surface area contributed by atoms with Gasteiger partial charge in [0.2, 0.25) is 0 Å². The minimum absolute atomic E-state index is 0.445. The maximum atomic E-state index is 3.83. The normalized spacial score (nSPS) is 32.5. The highest BCUT2D eigenvalue weighted by atomic mass is 79.9. The molecule has 2 heterocycles. The van der Waals surface area contributed by atoms with E-state index in [0.717, 1.165) is 16.6 Å². The minimum Gasteiger partial charge on any atom is -0.307 e. The first-order valence-corrected chi connectivity index (χ1v) is 8.16. The molecule has 2 fully saturated rings. The molecule has 2 bridgehead atoms. The van der Waals surface area contributed by atoms with Gasteiger partial charge < -0.3 is 10.2 Å². The van der Waals surface area contributed by atoms with E-state index < -0.39 is 0 Å². The molecule has 3 unspecified atom stereocenters. The van der Waals surface area contributed by atoms with Crippen molar-refractivity contribution in [3.05, 3.63) is 34.3 Å². The molecule has 0 radical (unpaired) electrons. The van der Waals surface area contributed by atoms with Gasteiger partial charge in [0.1, 0.15) is 0 Å². The molecule has 0 aromatic heterocycles. The number of nitrogens with zero attached hydrogens (tertiary/aromatic N) is 1. The predicted molar refractivity (Wildman–Crippen MR) is 83.3 cm³/mol. The Morgan fingerprint density at radius 2 is 1.74 bits per heavy atom. The largest absolute Gasteiger partial charge is 0.307 e. The molecule has 3 heteroatoms. The molecule has 3 atom stereocenters. The fourth-order valence-electron chi connectivity index (χ4n) is 3.75. The van der Waals surface area contributed by atoms with Crippen molar-refractivity contribution < 1.29 is 0 Å². The summed E-state index contributed by atoms with van der Waals surface area (Å²) < 4.78 is 1.15. The number of nitrogens with one attached hydrogen (secondary N) is 1. The van der Waals surface area contributed by atoms with E-state index in [0.29, 0.717) is 12.1 Å². The maximum absolute atomic E-state index is 3.83. The number of halogens is 1. The smallest absolute Gasteiger partial charge is 0.0294 e. The number of piperidine rings is 1. The van der Waals surface area contributed by atoms with Crippen molar-refractivity contribution in [1.29, 1.82) is 0 Å². The second-order valence-electron chi connectivity index (χ2n) is 6.16. The highest BCUT2D eigenvalue weighted by Crippen LogP contribution is 2.35. The summed E-state index contributed by atoms with van der Waals surface area (Å²) in [7, 11) is 2.30. The number of fused-ring (bicyclic) bond motifs is 2. The van der Waals surface area contributed by atoms with Crippen LogP contribution in [0.4, 0.5) is 0 Å². The highest BCUT2D eigenvalue weighted by molar-refractivity contribution is 9.10. The zero-order chi connectivity index (χ0) is 13.4. The Morgan fingerprint density at radius 1 is 1.16 bits per heavy atom. The topological polar surface area (TPSA) is 15.3 Å². The number of rotatable bonds is 3. The monoisotopic (exact) mass is 322 g/mol. The average molecular weight is 323 g/mol. The molecule has 104 valence electrons. The third-order valence-electron chi connectivity index (χ3n) is 4.95. The summed E-state index contributed by atoms with van der Waals surface area (Å²) in [6, 6.07) is 11.4. The van der Waals surface area contributed by atoms with Crippen LogP contribution in [-0.4, -0.2) is 30.1 Å². The van der Waals surface area contributed by atoms with Gasteiger partial charge in [-0.3, -0.25) is 0 Å². The van der Waals surface area contributed by atoms with Gasteiger partial charge in [-0.25, -0.2) is 0 Å². The molecule has 0 saturated carbocycles. The van der Waals surface area contributed by atoms with E-state index in [1.165, 1.54) is 31.2 Å². The van der Waals surface area contributed by atoms with Crippen LogP contribution in [-0.2, 0) is 0 Å². The Kier molecular flexibility index (Phi) is 3.97. The molecule has 0 aliphatic carbocycles. The van der Waals surface area contributed by atoms with Crippen molar-refractivity contribution in [1.82, 2.24) is 10.2 Å². The lowest BCUT2D eigenvalue weighted by Crippen LogP contribution is -2.47. The summed E-state index contributed by atoms with van der Waals surface area (Å²) >= 11 is 3.50. The molecule has 2 aliphatic heterocycles. The van der Waals surface area contributed by atoms with Gasteiger partial charge in [-0.05, 0) is 57.4 Å². The second kappa shape index (κ2) is 5.55. The van der Waals surface area contributed by atoms with Gasteiger partial charge in [-0.2, -0.15) is 0 Å². The summed E-state index contributed by atoms with van der Waals surface area (Å²) in [6.45, 7) is 2.28. The van der Waals surface area contributed by atoms with Crippen LogP contribution >= 0.6 is 15.9 Å². The van der Waals surface area contributed by atoms with E-state index in [9.17, 15) is 0 Å². The molecule has 2 saturated heterocycles. The number of hydrogen-bond donors (Lipinski definition) is 1. The summed E-state index contributed by atoms with van der Waals surface area (Å²) in [4.78, 5) is 2.60. The SMILES string of the molecule is CC(NC1CC2CCC(C1)N2C)c1ccc(Br)cc1. The van der Waals surface area contributed by atoms with E-state index in [-0.39, 0.29) is 0 Å². The quantitative estimate of drug-likeness (QED) is 0.912. The lowest BCUT2D eigenvalue weighted by atomic mass is 9.96. The van der Waals surface area contributed by atoms with Crippen LogP contribution in [0.5, 0.6) is 0 Å². The van der Waals surface area contributed by atoms with Crippen molar-refractivity contribution in [2.45, 2.75) is 56.8 Å². The van der Waals surface area contributed by atoms with Crippen molar-refractivity contribution in [2.24, 2.45) is 0 Å². The van der Waals surface area contributed by atoms with Crippen LogP contribution in [0.1, 0.15) is 44.2 Å². The summed E-state index contributed by atoms with van der Waals surface area (Å²) in [6.07, 6.45) is 5.42. The highest BCUT2D eigenvalue weighted by Gasteiger charge is 2.38. The van der Waals surface area contributed by atoms with Crippen molar-refractivity contribution in [2.75, 3.05) is 7.05 Å². The standard InChI is InChI=1S/C16H23BrN2/c1-11(12-3-5-13(17)6-4-12)18-14-9-15-7-8-16(10-14)19(15)2/h3-6,11,14-16,18H,7-10H2,1-2H3. The molecule has 1 aromatic rings. The Bertz CT molecular complexity index is 417. The van der Waals surface area contributed by atoms with Crippen LogP contribution in [0.15, 0.2) is 28.7 Å². The van der Waals surface area contributed by atoms with Crippen LogP contribution < -0.4 is 5.32 Å². The van der Waals surface area contributed by atoms with E-state index in [4.69, 9.17) is 0 Å². The predicted octanol–water partition coefficient (Wildman–Crippen LogP) is 3.72. The zero-order valence-electron chi connectivity index (χ0n) is 11.8. The fourth-order valence-corrected chi connectivity index (χ4v) is 4.01. The molecule has 3 rings (SSSR count). The molecule has 0 amide bonds. The van der Waals surface area contributed by atoms with Gasteiger partial charge in [0.25, 0.3) is 0 Å². The van der Waals surface area contributed by atoms with Gasteiger partial charge in [0.05, 0.1) is 0 Å². The molecule has 1 aromatic carbocycles. The van der Waals surface area contributed by atoms with E-state index in [1.54, 1.807) is 0 Å². The lowest BCUT2D eigenvalue weighted by molar-refractivity contribution is 0.144. The van der Waals surface area contributed by atoms with Gasteiger partial charge >= 0.3 is 0 Å². The first-order chi connectivity index (χ1) is 9.13. The van der Waals surface area contributed by atoms with Crippen molar-refractivity contribution >= 4 is 15.9 Å². The van der Waals surface area contributed by atoms with E-state index in [2.05, 4.69) is 64.4 Å². The summed E-state index contributed by atoms with van der Waals surface area (Å²) in [5.74, 6) is 0. The van der Waals surface area contributed by atoms with Crippen LogP contribution in [0, 0.1) is 0 Å². The van der Waals surface area contributed by atoms with Crippen LogP contribution in [0.25, 0.3) is 0 Å². The molecule has 2 aliphatic rings. The molecule has 2 nitrogen and oxygen atoms in total. The minimum atomic E-state index is 0.445. The molecule has 0 spiro atoms. The van der Waals surface area contributed by atoms with E-state index in [1.807, 2.05) is 0 Å². The average Bonchev–Trinajstić information content (AvgIpc) is 2.63. The Hall–Kier alpha value is -0.380.